The van der Waals surface area contributed by atoms with Gasteiger partial charge in [-0.15, -0.1) is 0 Å². The second-order valence-electron chi connectivity index (χ2n) is 10.4. The van der Waals surface area contributed by atoms with Crippen LogP contribution in [0.3, 0.4) is 0 Å². The summed E-state index contributed by atoms with van der Waals surface area (Å²) >= 11 is 0. The van der Waals surface area contributed by atoms with Gasteiger partial charge in [0.05, 0.1) is 28.1 Å². The minimum atomic E-state index is -2.73. The molecule has 8 rings (SSSR count). The van der Waals surface area contributed by atoms with Crippen molar-refractivity contribution in [3.63, 3.8) is 0 Å². The van der Waals surface area contributed by atoms with E-state index in [4.69, 9.17) is 4.74 Å². The van der Waals surface area contributed by atoms with Crippen LogP contribution in [-0.2, 0) is 0 Å². The minimum Gasteiger partial charge on any atom is -0.457 e. The van der Waals surface area contributed by atoms with Crippen LogP contribution in [0, 0.1) is 11.3 Å². The Bertz CT molecular complexity index is 2090. The summed E-state index contributed by atoms with van der Waals surface area (Å²) in [5, 5.41) is 16.8. The highest BCUT2D eigenvalue weighted by atomic mass is 28.3. The van der Waals surface area contributed by atoms with Gasteiger partial charge in [-0.1, -0.05) is 103 Å². The van der Waals surface area contributed by atoms with Crippen LogP contribution in [0.15, 0.2) is 146 Å². The number of fused-ring (bicyclic) bond motifs is 6. The monoisotopic (exact) mass is 540 g/mol. The van der Waals surface area contributed by atoms with E-state index in [9.17, 15) is 5.26 Å². The molecule has 0 atom stereocenters. The SMILES string of the molecule is N#Cc1ccc(-n2c3ccccc3c3c4c(ccc32)[Si](c2ccccc2)(c2ccccc2)c2ccccc2O4)cc1. The first kappa shape index (κ1) is 23.5. The van der Waals surface area contributed by atoms with Crippen molar-refractivity contribution < 1.29 is 4.74 Å². The average Bonchev–Trinajstić information content (AvgIpc) is 3.39. The van der Waals surface area contributed by atoms with E-state index in [1.54, 1.807) is 0 Å². The maximum Gasteiger partial charge on any atom is 0.188 e. The van der Waals surface area contributed by atoms with E-state index in [2.05, 4.69) is 132 Å². The van der Waals surface area contributed by atoms with Crippen molar-refractivity contribution in [3.05, 3.63) is 151 Å². The van der Waals surface area contributed by atoms with Gasteiger partial charge in [0, 0.05) is 11.1 Å². The molecule has 0 aliphatic carbocycles. The Balaban J connectivity index is 1.54. The van der Waals surface area contributed by atoms with Crippen LogP contribution in [0.2, 0.25) is 0 Å². The first-order valence-electron chi connectivity index (χ1n) is 13.8. The van der Waals surface area contributed by atoms with Crippen molar-refractivity contribution in [2.24, 2.45) is 0 Å². The molecule has 0 bridgehead atoms. The van der Waals surface area contributed by atoms with E-state index in [0.29, 0.717) is 5.56 Å². The van der Waals surface area contributed by atoms with Crippen LogP contribution < -0.4 is 25.5 Å². The second-order valence-corrected chi connectivity index (χ2v) is 14.2. The summed E-state index contributed by atoms with van der Waals surface area (Å²) in [5.74, 6) is 1.85. The largest absolute Gasteiger partial charge is 0.457 e. The minimum absolute atomic E-state index is 0.647. The molecule has 0 saturated heterocycles. The summed E-state index contributed by atoms with van der Waals surface area (Å²) in [4.78, 5) is 0. The maximum atomic E-state index is 9.38. The lowest BCUT2D eigenvalue weighted by Crippen LogP contribution is -2.76. The molecule has 1 aliphatic heterocycles. The Kier molecular flexibility index (Phi) is 5.21. The van der Waals surface area contributed by atoms with Gasteiger partial charge in [-0.25, -0.2) is 0 Å². The molecular formula is C37H24N2OSi. The summed E-state index contributed by atoms with van der Waals surface area (Å²) in [7, 11) is -2.73. The third kappa shape index (κ3) is 3.30. The lowest BCUT2D eigenvalue weighted by molar-refractivity contribution is 0.493. The number of benzene rings is 6. The predicted molar refractivity (Wildman–Crippen MR) is 169 cm³/mol. The molecule has 4 heteroatoms. The molecule has 0 N–H and O–H groups in total. The van der Waals surface area contributed by atoms with Crippen molar-refractivity contribution in [1.82, 2.24) is 4.57 Å². The van der Waals surface area contributed by atoms with Crippen LogP contribution in [0.4, 0.5) is 0 Å². The van der Waals surface area contributed by atoms with Gasteiger partial charge < -0.3 is 9.30 Å². The van der Waals surface area contributed by atoms with Crippen molar-refractivity contribution in [2.75, 3.05) is 0 Å². The van der Waals surface area contributed by atoms with Crippen LogP contribution in [0.1, 0.15) is 5.56 Å². The zero-order valence-corrected chi connectivity index (χ0v) is 23.2. The van der Waals surface area contributed by atoms with Crippen molar-refractivity contribution in [2.45, 2.75) is 0 Å². The van der Waals surface area contributed by atoms with E-state index in [-0.39, 0.29) is 0 Å². The molecule has 0 saturated carbocycles. The average molecular weight is 541 g/mol. The topological polar surface area (TPSA) is 38.0 Å². The van der Waals surface area contributed by atoms with Crippen LogP contribution in [0.25, 0.3) is 27.5 Å². The molecule has 6 aromatic carbocycles. The van der Waals surface area contributed by atoms with Crippen molar-refractivity contribution in [3.8, 4) is 23.3 Å². The summed E-state index contributed by atoms with van der Waals surface area (Å²) in [6.45, 7) is 0. The lowest BCUT2D eigenvalue weighted by atomic mass is 10.1. The number of rotatable bonds is 3. The highest BCUT2D eigenvalue weighted by molar-refractivity contribution is 7.20. The highest BCUT2D eigenvalue weighted by Gasteiger charge is 2.48. The van der Waals surface area contributed by atoms with E-state index in [1.807, 2.05) is 24.3 Å². The van der Waals surface area contributed by atoms with Gasteiger partial charge >= 0.3 is 0 Å². The molecule has 1 aliphatic rings. The number of aromatic nitrogens is 1. The Morgan fingerprint density at radius 1 is 0.561 bits per heavy atom. The number of nitrogens with zero attached hydrogens (tertiary/aromatic N) is 2. The first-order valence-corrected chi connectivity index (χ1v) is 15.8. The van der Waals surface area contributed by atoms with Crippen LogP contribution in [0.5, 0.6) is 11.5 Å². The maximum absolute atomic E-state index is 9.38. The summed E-state index contributed by atoms with van der Waals surface area (Å²) in [5.41, 5.74) is 3.85. The fraction of sp³-hybridized carbons (Fsp3) is 0. The normalized spacial score (nSPS) is 13.2. The fourth-order valence-electron chi connectivity index (χ4n) is 6.68. The zero-order valence-electron chi connectivity index (χ0n) is 22.2. The number of para-hydroxylation sites is 2. The number of hydrogen-bond acceptors (Lipinski definition) is 2. The molecule has 41 heavy (non-hydrogen) atoms. The molecule has 3 nitrogen and oxygen atoms in total. The van der Waals surface area contributed by atoms with E-state index < -0.39 is 8.07 Å². The van der Waals surface area contributed by atoms with E-state index >= 15 is 0 Å². The summed E-state index contributed by atoms with van der Waals surface area (Å²) < 4.78 is 9.24. The van der Waals surface area contributed by atoms with Gasteiger partial charge in [0.2, 0.25) is 0 Å². The molecule has 0 fully saturated rings. The molecular weight excluding hydrogens is 517 g/mol. The molecule has 2 heterocycles. The lowest BCUT2D eigenvalue weighted by Gasteiger charge is -2.39. The number of hydrogen-bond donors (Lipinski definition) is 0. The van der Waals surface area contributed by atoms with Gasteiger partial charge in [-0.2, -0.15) is 5.26 Å². The Labute approximate surface area is 239 Å². The molecule has 7 aromatic rings. The second kappa shape index (κ2) is 9.09. The Morgan fingerprint density at radius 3 is 1.90 bits per heavy atom. The van der Waals surface area contributed by atoms with Gasteiger partial charge in [-0.3, -0.25) is 0 Å². The van der Waals surface area contributed by atoms with Gasteiger partial charge in [0.1, 0.15) is 11.5 Å². The molecule has 0 unspecified atom stereocenters. The Morgan fingerprint density at radius 2 is 1.20 bits per heavy atom. The molecule has 0 spiro atoms. The highest BCUT2D eigenvalue weighted by Crippen LogP contribution is 2.41. The van der Waals surface area contributed by atoms with Crippen LogP contribution in [-0.4, -0.2) is 12.6 Å². The number of ether oxygens (including phenoxy) is 1. The van der Waals surface area contributed by atoms with E-state index in [0.717, 1.165) is 39.0 Å². The third-order valence-electron chi connectivity index (χ3n) is 8.37. The van der Waals surface area contributed by atoms with Gasteiger partial charge in [0.15, 0.2) is 8.07 Å². The fourth-order valence-corrected chi connectivity index (χ4v) is 11.6. The Hall–Kier alpha value is -5.37. The molecule has 192 valence electrons. The first-order chi connectivity index (χ1) is 20.3. The standard InChI is InChI=1S/C37H24N2OSi/c38-25-26-19-21-27(22-20-26)39-31-16-8-7-15-30(31)36-32(39)23-24-35-37(36)40-33-17-9-10-18-34(33)41(35,28-11-3-1-4-12-28)29-13-5-2-6-14-29/h1-24H. The molecule has 1 aromatic heterocycles. The number of nitriles is 1. The summed E-state index contributed by atoms with van der Waals surface area (Å²) in [6.07, 6.45) is 0. The summed E-state index contributed by atoms with van der Waals surface area (Å²) in [6, 6.07) is 53.7. The van der Waals surface area contributed by atoms with Gasteiger partial charge in [-0.05, 0) is 63.2 Å². The smallest absolute Gasteiger partial charge is 0.188 e. The third-order valence-corrected chi connectivity index (χ3v) is 13.2. The van der Waals surface area contributed by atoms with Crippen molar-refractivity contribution >= 4 is 50.6 Å². The van der Waals surface area contributed by atoms with Crippen molar-refractivity contribution in [1.29, 1.82) is 5.26 Å². The molecule has 0 amide bonds. The van der Waals surface area contributed by atoms with Gasteiger partial charge in [0.25, 0.3) is 0 Å². The van der Waals surface area contributed by atoms with E-state index in [1.165, 1.54) is 20.7 Å². The quantitative estimate of drug-likeness (QED) is 0.253. The van der Waals surface area contributed by atoms with Crippen LogP contribution >= 0.6 is 0 Å². The predicted octanol–water partition coefficient (Wildman–Crippen LogP) is 6.14. The molecule has 0 radical (unpaired) electrons. The zero-order chi connectivity index (χ0) is 27.4.